The van der Waals surface area contributed by atoms with Gasteiger partial charge in [-0.15, -0.1) is 0 Å². The topological polar surface area (TPSA) is 152 Å². The molecule has 298 valence electrons. The van der Waals surface area contributed by atoms with Crippen molar-refractivity contribution in [2.24, 2.45) is 4.36 Å². The zero-order chi connectivity index (χ0) is 36.5. The number of likely N-dealkylation sites (tertiary alicyclic amines) is 1. The van der Waals surface area contributed by atoms with E-state index in [-0.39, 0.29) is 6.61 Å². The molecule has 0 aliphatic carbocycles. The molecule has 2 fully saturated rings. The molecule has 0 saturated carbocycles. The van der Waals surface area contributed by atoms with Crippen molar-refractivity contribution in [3.05, 3.63) is 0 Å². The largest absolute Gasteiger partial charge is 0.394 e. The summed E-state index contributed by atoms with van der Waals surface area (Å²) in [7, 11) is -2.60. The van der Waals surface area contributed by atoms with E-state index in [1.165, 1.54) is 129 Å². The van der Waals surface area contributed by atoms with Crippen molar-refractivity contribution in [1.29, 1.82) is 0 Å². The number of aliphatic hydroxyl groups is 5. The van der Waals surface area contributed by atoms with Crippen LogP contribution in [0.1, 0.15) is 161 Å². The van der Waals surface area contributed by atoms with E-state index in [0.29, 0.717) is 12.2 Å². The Morgan fingerprint density at radius 3 is 1.78 bits per heavy atom. The first-order chi connectivity index (χ1) is 24.2. The zero-order valence-electron chi connectivity index (χ0n) is 32.0. The minimum Gasteiger partial charge on any atom is -0.394 e. The van der Waals surface area contributed by atoms with Crippen LogP contribution in [0.25, 0.3) is 0 Å². The number of ether oxygens (including phenoxy) is 2. The molecule has 10 nitrogen and oxygen atoms in total. The monoisotopic (exact) mass is 735 g/mol. The standard InChI is InChI=1S/C39H78N2O8S/c1-3-4-5-6-7-8-9-10-11-12-15-18-21-26-34(43)33(32-48-39-38(46)37(45)36(44)35(31-42)49-39)40-50(2,47)30-25-20-17-14-13-16-19-22-27-41-28-23-24-29-41/h33-39,42-46H,3-32H2,1-2H3/t33-,34+,35?,36?,37?,38?,39?,50?/m0/s1. The van der Waals surface area contributed by atoms with Crippen molar-refractivity contribution in [2.45, 2.75) is 204 Å². The first-order valence-corrected chi connectivity index (χ1v) is 22.8. The lowest BCUT2D eigenvalue weighted by Crippen LogP contribution is -2.59. The maximum absolute atomic E-state index is 13.6. The van der Waals surface area contributed by atoms with Crippen LogP contribution in [0.4, 0.5) is 0 Å². The number of hydrogen-bond acceptors (Lipinski definition) is 10. The fourth-order valence-electron chi connectivity index (χ4n) is 7.29. The number of nitrogens with zero attached hydrogens (tertiary/aromatic N) is 2. The third-order valence-corrected chi connectivity index (χ3v) is 12.4. The van der Waals surface area contributed by atoms with Gasteiger partial charge in [-0.25, -0.2) is 4.36 Å². The minimum atomic E-state index is -2.60. The van der Waals surface area contributed by atoms with E-state index >= 15 is 0 Å². The number of aliphatic hydroxyl groups excluding tert-OH is 5. The van der Waals surface area contributed by atoms with Crippen molar-refractivity contribution in [3.8, 4) is 0 Å². The Morgan fingerprint density at radius 2 is 1.24 bits per heavy atom. The molecule has 0 aromatic heterocycles. The van der Waals surface area contributed by atoms with Crippen LogP contribution in [-0.4, -0.2) is 122 Å². The number of hydrogen-bond donors (Lipinski definition) is 5. The van der Waals surface area contributed by atoms with Gasteiger partial charge in [-0.2, -0.15) is 0 Å². The summed E-state index contributed by atoms with van der Waals surface area (Å²) in [5.41, 5.74) is 0. The Bertz CT molecular complexity index is 928. The number of unbranched alkanes of at least 4 members (excludes halogenated alkanes) is 19. The predicted octanol–water partition coefficient (Wildman–Crippen LogP) is 6.33. The Hall–Kier alpha value is -0.370. The van der Waals surface area contributed by atoms with Gasteiger partial charge < -0.3 is 39.9 Å². The molecule has 0 radical (unpaired) electrons. The van der Waals surface area contributed by atoms with Gasteiger partial charge in [0.2, 0.25) is 0 Å². The van der Waals surface area contributed by atoms with Gasteiger partial charge in [-0.05, 0) is 51.7 Å². The molecule has 2 saturated heterocycles. The second kappa shape index (κ2) is 28.1. The molecule has 6 unspecified atom stereocenters. The normalized spacial score (nSPS) is 25.5. The summed E-state index contributed by atoms with van der Waals surface area (Å²) < 4.78 is 29.5. The maximum Gasteiger partial charge on any atom is 0.186 e. The van der Waals surface area contributed by atoms with E-state index < -0.39 is 59.2 Å². The first kappa shape index (κ1) is 45.8. The second-order valence-electron chi connectivity index (χ2n) is 15.3. The highest BCUT2D eigenvalue weighted by Crippen LogP contribution is 2.24. The van der Waals surface area contributed by atoms with Crippen molar-refractivity contribution in [2.75, 3.05) is 44.9 Å². The number of rotatable bonds is 31. The van der Waals surface area contributed by atoms with Gasteiger partial charge in [-0.3, -0.25) is 4.21 Å². The fourth-order valence-corrected chi connectivity index (χ4v) is 8.90. The van der Waals surface area contributed by atoms with Crippen LogP contribution in [0.2, 0.25) is 0 Å². The summed E-state index contributed by atoms with van der Waals surface area (Å²) in [5.74, 6) is 0.449. The Balaban J connectivity index is 1.75. The van der Waals surface area contributed by atoms with E-state index in [2.05, 4.69) is 16.2 Å². The fraction of sp³-hybridized carbons (Fsp3) is 1.00. The molecule has 0 amide bonds. The molecule has 0 aromatic rings. The maximum atomic E-state index is 13.6. The van der Waals surface area contributed by atoms with Crippen molar-refractivity contribution >= 4 is 9.73 Å². The summed E-state index contributed by atoms with van der Waals surface area (Å²) in [6.45, 7) is 5.33. The van der Waals surface area contributed by atoms with E-state index in [4.69, 9.17) is 9.47 Å². The van der Waals surface area contributed by atoms with Gasteiger partial charge in [0.05, 0.1) is 19.3 Å². The van der Waals surface area contributed by atoms with Gasteiger partial charge >= 0.3 is 0 Å². The van der Waals surface area contributed by atoms with Gasteiger partial charge in [0.25, 0.3) is 0 Å². The highest BCUT2D eigenvalue weighted by molar-refractivity contribution is 7.92. The van der Waals surface area contributed by atoms with Gasteiger partial charge in [0.1, 0.15) is 30.5 Å². The summed E-state index contributed by atoms with van der Waals surface area (Å²) in [6, 6.07) is -0.794. The van der Waals surface area contributed by atoms with E-state index in [9.17, 15) is 29.7 Å². The molecule has 8 atom stereocenters. The van der Waals surface area contributed by atoms with Crippen molar-refractivity contribution < 1.29 is 39.2 Å². The molecule has 11 heteroatoms. The molecule has 5 N–H and O–H groups in total. The SMILES string of the molecule is CCCCCCCCCCCCCCC[C@@H](O)[C@H](COC1OC(CO)C(O)C(O)C1O)N=S(C)(=O)CCCCCCCCCCN1CCCC1. The van der Waals surface area contributed by atoms with Crippen molar-refractivity contribution in [1.82, 2.24) is 4.90 Å². The molecular formula is C39H78N2O8S. The van der Waals surface area contributed by atoms with Gasteiger partial charge in [-0.1, -0.05) is 129 Å². The molecule has 2 aliphatic rings. The van der Waals surface area contributed by atoms with Crippen LogP contribution in [0, 0.1) is 0 Å². The Labute approximate surface area is 306 Å². The first-order valence-electron chi connectivity index (χ1n) is 20.7. The predicted molar refractivity (Wildman–Crippen MR) is 204 cm³/mol. The van der Waals surface area contributed by atoms with Crippen LogP contribution < -0.4 is 0 Å². The van der Waals surface area contributed by atoms with Crippen molar-refractivity contribution in [3.63, 3.8) is 0 Å². The molecule has 50 heavy (non-hydrogen) atoms. The lowest BCUT2D eigenvalue weighted by atomic mass is 9.99. The lowest BCUT2D eigenvalue weighted by molar-refractivity contribution is -0.302. The molecule has 0 spiro atoms. The average Bonchev–Trinajstić information content (AvgIpc) is 3.62. The molecule has 0 bridgehead atoms. The molecule has 2 rings (SSSR count). The Morgan fingerprint density at radius 1 is 0.740 bits per heavy atom. The van der Waals surface area contributed by atoms with E-state index in [1.807, 2.05) is 0 Å². The third kappa shape index (κ3) is 20.2. The second-order valence-corrected chi connectivity index (χ2v) is 17.9. The summed E-state index contributed by atoms with van der Waals surface area (Å²) in [6.07, 6.45) is 22.3. The smallest absolute Gasteiger partial charge is 0.186 e. The summed E-state index contributed by atoms with van der Waals surface area (Å²) in [4.78, 5) is 2.58. The molecule has 0 aromatic carbocycles. The zero-order valence-corrected chi connectivity index (χ0v) is 32.8. The van der Waals surface area contributed by atoms with Crippen LogP contribution >= 0.6 is 0 Å². The van der Waals surface area contributed by atoms with Gasteiger partial charge in [0.15, 0.2) is 6.29 Å². The van der Waals surface area contributed by atoms with Crippen LogP contribution in [0.5, 0.6) is 0 Å². The highest BCUT2D eigenvalue weighted by atomic mass is 32.2. The van der Waals surface area contributed by atoms with Crippen LogP contribution in [0.3, 0.4) is 0 Å². The van der Waals surface area contributed by atoms with E-state index in [0.717, 1.165) is 38.5 Å². The van der Waals surface area contributed by atoms with E-state index in [1.54, 1.807) is 6.26 Å². The quantitative estimate of drug-likeness (QED) is 0.0515. The van der Waals surface area contributed by atoms with Gasteiger partial charge in [0, 0.05) is 21.7 Å². The summed E-state index contributed by atoms with van der Waals surface area (Å²) in [5, 5.41) is 51.5. The summed E-state index contributed by atoms with van der Waals surface area (Å²) >= 11 is 0. The van der Waals surface area contributed by atoms with Crippen LogP contribution in [0.15, 0.2) is 4.36 Å². The Kier molecular flexibility index (Phi) is 25.8. The minimum absolute atomic E-state index is 0.162. The third-order valence-electron chi connectivity index (χ3n) is 10.6. The lowest BCUT2D eigenvalue weighted by Gasteiger charge is -2.40. The van der Waals surface area contributed by atoms with Crippen LogP contribution in [-0.2, 0) is 19.2 Å². The molecule has 2 aliphatic heterocycles. The highest BCUT2D eigenvalue weighted by Gasteiger charge is 2.44. The molecular weight excluding hydrogens is 657 g/mol. The molecule has 2 heterocycles. The average molecular weight is 735 g/mol.